The van der Waals surface area contributed by atoms with Crippen molar-refractivity contribution in [2.75, 3.05) is 20.3 Å². The van der Waals surface area contributed by atoms with Gasteiger partial charge in [0.15, 0.2) is 0 Å². The Balaban J connectivity index is 1.56. The van der Waals surface area contributed by atoms with Crippen LogP contribution in [-0.2, 0) is 25.6 Å². The minimum absolute atomic E-state index is 0.0185. The molecule has 26 heavy (non-hydrogen) atoms. The molecule has 1 heterocycles. The Bertz CT molecular complexity index is 751. The second-order valence-corrected chi connectivity index (χ2v) is 6.24. The summed E-state index contributed by atoms with van der Waals surface area (Å²) in [6.07, 6.45) is 0. The van der Waals surface area contributed by atoms with Crippen LogP contribution < -0.4 is 4.74 Å². The number of rotatable bonds is 5. The fourth-order valence-corrected chi connectivity index (χ4v) is 2.73. The van der Waals surface area contributed by atoms with Gasteiger partial charge in [-0.3, -0.25) is 0 Å². The van der Waals surface area contributed by atoms with E-state index < -0.39 is 11.8 Å². The minimum Gasteiger partial charge on any atom is -0.489 e. The van der Waals surface area contributed by atoms with E-state index in [9.17, 15) is 9.18 Å². The number of esters is 1. The lowest BCUT2D eigenvalue weighted by molar-refractivity contribution is -0.264. The van der Waals surface area contributed by atoms with Gasteiger partial charge in [0, 0.05) is 12.8 Å². The van der Waals surface area contributed by atoms with Crippen molar-refractivity contribution in [3.05, 3.63) is 65.5 Å². The van der Waals surface area contributed by atoms with Gasteiger partial charge in [-0.2, -0.15) is 0 Å². The van der Waals surface area contributed by atoms with E-state index in [0.29, 0.717) is 25.6 Å². The van der Waals surface area contributed by atoms with Crippen LogP contribution >= 0.6 is 0 Å². The zero-order chi connectivity index (χ0) is 18.6. The number of benzene rings is 2. The van der Waals surface area contributed by atoms with Crippen molar-refractivity contribution in [3.63, 3.8) is 0 Å². The molecule has 6 heteroatoms. The highest BCUT2D eigenvalue weighted by molar-refractivity contribution is 5.77. The van der Waals surface area contributed by atoms with Gasteiger partial charge in [0.25, 0.3) is 5.79 Å². The van der Waals surface area contributed by atoms with E-state index in [1.54, 1.807) is 13.0 Å². The predicted molar refractivity (Wildman–Crippen MR) is 92.2 cm³/mol. The van der Waals surface area contributed by atoms with Gasteiger partial charge in [0.05, 0.1) is 20.3 Å². The summed E-state index contributed by atoms with van der Waals surface area (Å²) in [5, 5.41) is 0. The van der Waals surface area contributed by atoms with E-state index in [0.717, 1.165) is 11.1 Å². The van der Waals surface area contributed by atoms with Crippen molar-refractivity contribution < 1.29 is 28.1 Å². The number of carbonyl (C=O) groups excluding carboxylic acids is 1. The molecule has 0 N–H and O–H groups in total. The molecule has 0 aromatic heterocycles. The topological polar surface area (TPSA) is 54.0 Å². The smallest absolute Gasteiger partial charge is 0.366 e. The van der Waals surface area contributed by atoms with Gasteiger partial charge in [-0.25, -0.2) is 9.18 Å². The molecule has 0 amide bonds. The second-order valence-electron chi connectivity index (χ2n) is 6.24. The van der Waals surface area contributed by atoms with Crippen LogP contribution in [0.25, 0.3) is 0 Å². The van der Waals surface area contributed by atoms with Crippen LogP contribution in [0.2, 0.25) is 0 Å². The molecule has 138 valence electrons. The normalized spacial score (nSPS) is 22.7. The molecule has 0 aliphatic carbocycles. The van der Waals surface area contributed by atoms with E-state index in [1.807, 2.05) is 30.3 Å². The number of methoxy groups -OCH3 is 1. The molecule has 0 atom stereocenters. The van der Waals surface area contributed by atoms with Gasteiger partial charge in [-0.05, 0) is 35.4 Å². The molecule has 2 aromatic rings. The van der Waals surface area contributed by atoms with Gasteiger partial charge in [-0.15, -0.1) is 0 Å². The summed E-state index contributed by atoms with van der Waals surface area (Å²) in [7, 11) is 1.30. The van der Waals surface area contributed by atoms with Crippen molar-refractivity contribution in [1.29, 1.82) is 0 Å². The van der Waals surface area contributed by atoms with Crippen LogP contribution in [-0.4, -0.2) is 32.1 Å². The van der Waals surface area contributed by atoms with Gasteiger partial charge in [-0.1, -0.05) is 24.3 Å². The maximum absolute atomic E-state index is 13.2. The summed E-state index contributed by atoms with van der Waals surface area (Å²) in [4.78, 5) is 11.7. The van der Waals surface area contributed by atoms with Crippen molar-refractivity contribution in [1.82, 2.24) is 0 Å². The van der Waals surface area contributed by atoms with Gasteiger partial charge in [0.1, 0.15) is 18.2 Å². The van der Waals surface area contributed by atoms with Crippen molar-refractivity contribution in [2.24, 2.45) is 0 Å². The molecule has 3 rings (SSSR count). The third-order valence-electron chi connectivity index (χ3n) is 4.32. The molecule has 2 aromatic carbocycles. The first-order valence-electron chi connectivity index (χ1n) is 8.34. The average molecular weight is 360 g/mol. The Morgan fingerprint density at radius 1 is 1.19 bits per heavy atom. The van der Waals surface area contributed by atoms with Crippen LogP contribution in [0.5, 0.6) is 5.75 Å². The first kappa shape index (κ1) is 18.4. The minimum atomic E-state index is -1.35. The van der Waals surface area contributed by atoms with Gasteiger partial charge < -0.3 is 18.9 Å². The van der Waals surface area contributed by atoms with E-state index in [1.165, 1.54) is 19.2 Å². The molecule has 0 saturated carbocycles. The summed E-state index contributed by atoms with van der Waals surface area (Å²) < 4.78 is 34.7. The van der Waals surface area contributed by atoms with Crippen LogP contribution in [0.3, 0.4) is 0 Å². The molecule has 1 aliphatic rings. The van der Waals surface area contributed by atoms with Crippen LogP contribution in [0.15, 0.2) is 48.5 Å². The molecule has 1 saturated heterocycles. The summed E-state index contributed by atoms with van der Waals surface area (Å²) in [5.74, 6) is -1.46. The Morgan fingerprint density at radius 3 is 2.50 bits per heavy atom. The summed E-state index contributed by atoms with van der Waals surface area (Å²) in [6, 6.07) is 13.9. The van der Waals surface area contributed by atoms with Gasteiger partial charge >= 0.3 is 5.97 Å². The average Bonchev–Trinajstić information content (AvgIpc) is 2.67. The molecule has 0 unspecified atom stereocenters. The summed E-state index contributed by atoms with van der Waals surface area (Å²) in [5.41, 5.74) is 1.79. The summed E-state index contributed by atoms with van der Waals surface area (Å²) in [6.45, 7) is 2.56. The molecular weight excluding hydrogens is 339 g/mol. The van der Waals surface area contributed by atoms with Crippen molar-refractivity contribution >= 4 is 5.97 Å². The number of ether oxygens (including phenoxy) is 4. The summed E-state index contributed by atoms with van der Waals surface area (Å²) >= 11 is 0. The van der Waals surface area contributed by atoms with E-state index >= 15 is 0 Å². The molecule has 5 nitrogen and oxygen atoms in total. The third-order valence-corrected chi connectivity index (χ3v) is 4.32. The van der Waals surface area contributed by atoms with Gasteiger partial charge in [0.2, 0.25) is 0 Å². The largest absolute Gasteiger partial charge is 0.489 e. The molecule has 0 bridgehead atoms. The molecule has 0 radical (unpaired) electrons. The predicted octanol–water partition coefficient (Wildman–Crippen LogP) is 3.42. The number of hydrogen-bond acceptors (Lipinski definition) is 5. The van der Waals surface area contributed by atoms with Crippen LogP contribution in [0, 0.1) is 5.82 Å². The Labute approximate surface area is 151 Å². The van der Waals surface area contributed by atoms with Crippen LogP contribution in [0.1, 0.15) is 24.0 Å². The zero-order valence-corrected chi connectivity index (χ0v) is 14.7. The first-order chi connectivity index (χ1) is 12.5. The monoisotopic (exact) mass is 360 g/mol. The van der Waals surface area contributed by atoms with Crippen molar-refractivity contribution in [2.45, 2.75) is 25.2 Å². The fraction of sp³-hybridized carbons (Fsp3) is 0.350. The van der Waals surface area contributed by atoms with Crippen molar-refractivity contribution in [3.8, 4) is 5.75 Å². The highest BCUT2D eigenvalue weighted by Gasteiger charge is 2.41. The Kier molecular flexibility index (Phi) is 5.54. The molecular formula is C20H21FO5. The third kappa shape index (κ3) is 4.20. The maximum Gasteiger partial charge on any atom is 0.366 e. The molecule has 0 spiro atoms. The van der Waals surface area contributed by atoms with Crippen LogP contribution in [0.4, 0.5) is 4.39 Å². The lowest BCUT2D eigenvalue weighted by atomic mass is 9.99. The number of carbonyl (C=O) groups is 1. The van der Waals surface area contributed by atoms with E-state index in [4.69, 9.17) is 18.9 Å². The Hall–Kier alpha value is -2.44. The lowest BCUT2D eigenvalue weighted by Crippen LogP contribution is -2.47. The van der Waals surface area contributed by atoms with E-state index in [2.05, 4.69) is 0 Å². The first-order valence-corrected chi connectivity index (χ1v) is 8.34. The highest BCUT2D eigenvalue weighted by atomic mass is 19.1. The standard InChI is InChI=1S/C20H21FO5/c1-20(19(22)23-2)25-12-16(13-26-20)15-6-8-18(9-7-15)24-11-14-4-3-5-17(21)10-14/h3-10,16H,11-13H2,1-2H3. The fourth-order valence-electron chi connectivity index (χ4n) is 2.73. The molecule has 1 aliphatic heterocycles. The SMILES string of the molecule is COC(=O)C1(C)OCC(c2ccc(OCc3cccc(F)c3)cc2)CO1. The lowest BCUT2D eigenvalue weighted by Gasteiger charge is -2.35. The second kappa shape index (κ2) is 7.85. The van der Waals surface area contributed by atoms with E-state index in [-0.39, 0.29) is 11.7 Å². The number of halogens is 1. The highest BCUT2D eigenvalue weighted by Crippen LogP contribution is 2.29. The Morgan fingerprint density at radius 2 is 1.88 bits per heavy atom. The molecule has 1 fully saturated rings. The zero-order valence-electron chi connectivity index (χ0n) is 14.7. The number of hydrogen-bond donors (Lipinski definition) is 0. The quantitative estimate of drug-likeness (QED) is 0.765. The maximum atomic E-state index is 13.2.